The zero-order chi connectivity index (χ0) is 33.2. The lowest BCUT2D eigenvalue weighted by atomic mass is 9.86. The fraction of sp³-hybridized carbons (Fsp3) is 0.395. The molecular formula is C38H43Cl2N3O4. The number of amides is 1. The van der Waals surface area contributed by atoms with Gasteiger partial charge in [0.25, 0.3) is 0 Å². The van der Waals surface area contributed by atoms with Crippen LogP contribution in [0.3, 0.4) is 0 Å². The number of carbonyl (C=O) groups excluding carboxylic acids is 1. The number of nitrogens with zero attached hydrogens (tertiary/aromatic N) is 2. The number of carboxylic acids is 1. The van der Waals surface area contributed by atoms with Crippen molar-refractivity contribution in [2.75, 3.05) is 0 Å². The number of imidazole rings is 1. The largest absolute Gasteiger partial charge is 0.489 e. The molecule has 1 amide bonds. The van der Waals surface area contributed by atoms with Crippen molar-refractivity contribution in [1.29, 1.82) is 0 Å². The molecule has 1 atom stereocenters. The Morgan fingerprint density at radius 3 is 2.40 bits per heavy atom. The summed E-state index contributed by atoms with van der Waals surface area (Å²) < 4.78 is 8.13. The van der Waals surface area contributed by atoms with Gasteiger partial charge in [-0.1, -0.05) is 92.9 Å². The number of aromatic nitrogens is 2. The zero-order valence-electron chi connectivity index (χ0n) is 26.9. The van der Waals surface area contributed by atoms with Crippen molar-refractivity contribution in [3.8, 4) is 17.0 Å². The van der Waals surface area contributed by atoms with E-state index in [2.05, 4.69) is 16.8 Å². The number of hydrogen-bond donors (Lipinski definition) is 2. The maximum Gasteiger partial charge on any atom is 0.335 e. The summed E-state index contributed by atoms with van der Waals surface area (Å²) in [7, 11) is 0. The van der Waals surface area contributed by atoms with Crippen LogP contribution in [0.4, 0.5) is 0 Å². The Hall–Kier alpha value is -3.81. The summed E-state index contributed by atoms with van der Waals surface area (Å²) in [5.74, 6) is 1.22. The Bertz CT molecular complexity index is 1630. The Kier molecular flexibility index (Phi) is 12.4. The Labute approximate surface area is 287 Å². The van der Waals surface area contributed by atoms with Crippen LogP contribution >= 0.6 is 23.2 Å². The monoisotopic (exact) mass is 675 g/mol. The molecule has 248 valence electrons. The lowest BCUT2D eigenvalue weighted by Crippen LogP contribution is -2.32. The molecule has 9 heteroatoms. The van der Waals surface area contributed by atoms with E-state index in [1.807, 2.05) is 42.6 Å². The third-order valence-corrected chi connectivity index (χ3v) is 9.44. The maximum atomic E-state index is 13.4. The molecule has 1 aliphatic carbocycles. The highest BCUT2D eigenvalue weighted by Crippen LogP contribution is 2.32. The van der Waals surface area contributed by atoms with Crippen LogP contribution in [-0.4, -0.2) is 26.5 Å². The first kappa shape index (κ1) is 34.5. The van der Waals surface area contributed by atoms with E-state index in [0.717, 1.165) is 54.0 Å². The van der Waals surface area contributed by atoms with Gasteiger partial charge >= 0.3 is 5.97 Å². The summed E-state index contributed by atoms with van der Waals surface area (Å²) in [4.78, 5) is 29.7. The van der Waals surface area contributed by atoms with Crippen LogP contribution in [-0.2, 0) is 24.4 Å². The van der Waals surface area contributed by atoms with Gasteiger partial charge in [0.2, 0.25) is 5.91 Å². The van der Waals surface area contributed by atoms with E-state index in [0.29, 0.717) is 41.2 Å². The van der Waals surface area contributed by atoms with Crippen molar-refractivity contribution in [2.45, 2.75) is 90.3 Å². The highest BCUT2D eigenvalue weighted by atomic mass is 35.5. The van der Waals surface area contributed by atoms with Gasteiger partial charge in [0, 0.05) is 29.7 Å². The average molecular weight is 677 g/mol. The molecule has 0 radical (unpaired) electrons. The van der Waals surface area contributed by atoms with Gasteiger partial charge in [0.1, 0.15) is 18.2 Å². The highest BCUT2D eigenvalue weighted by molar-refractivity contribution is 6.36. The first-order chi connectivity index (χ1) is 22.8. The van der Waals surface area contributed by atoms with Crippen molar-refractivity contribution in [3.63, 3.8) is 0 Å². The zero-order valence-corrected chi connectivity index (χ0v) is 28.4. The van der Waals surface area contributed by atoms with E-state index in [-0.39, 0.29) is 17.5 Å². The lowest BCUT2D eigenvalue weighted by Gasteiger charge is -2.23. The van der Waals surface area contributed by atoms with Crippen molar-refractivity contribution in [3.05, 3.63) is 105 Å². The van der Waals surface area contributed by atoms with E-state index in [4.69, 9.17) is 38.0 Å². The van der Waals surface area contributed by atoms with Gasteiger partial charge in [-0.2, -0.15) is 0 Å². The standard InChI is InChI=1S/C38H43Cl2N3O4/c1-2-3-21-43-24-35(32-19-16-30(39)23-33(32)40)42-37(43)34(41-36(44)20-13-26-7-5-4-6-8-26)22-27-11-17-31(18-12-27)47-25-28-9-14-29(15-10-28)38(45)46/h9-12,14-19,23-24,26,34H,2-8,13,20-22,25H2,1H3,(H,41,44)(H,45,46)/t34-/m0/s1. The van der Waals surface area contributed by atoms with Crippen LogP contribution in [0.2, 0.25) is 10.0 Å². The second kappa shape index (κ2) is 16.8. The molecule has 7 nitrogen and oxygen atoms in total. The predicted octanol–water partition coefficient (Wildman–Crippen LogP) is 9.69. The molecule has 0 unspecified atom stereocenters. The number of rotatable bonds is 15. The molecule has 5 rings (SSSR count). The van der Waals surface area contributed by atoms with Crippen LogP contribution in [0.5, 0.6) is 5.75 Å². The molecule has 0 saturated heterocycles. The highest BCUT2D eigenvalue weighted by Gasteiger charge is 2.24. The number of aromatic carboxylic acids is 1. The number of carbonyl (C=O) groups is 2. The fourth-order valence-corrected chi connectivity index (χ4v) is 6.70. The summed E-state index contributed by atoms with van der Waals surface area (Å²) in [6, 6.07) is 19.6. The summed E-state index contributed by atoms with van der Waals surface area (Å²) >= 11 is 12.8. The molecule has 1 aliphatic rings. The van der Waals surface area contributed by atoms with E-state index in [1.54, 1.807) is 30.3 Å². The average Bonchev–Trinajstić information content (AvgIpc) is 3.50. The van der Waals surface area contributed by atoms with Crippen molar-refractivity contribution < 1.29 is 19.4 Å². The van der Waals surface area contributed by atoms with Gasteiger partial charge in [-0.15, -0.1) is 0 Å². The van der Waals surface area contributed by atoms with Crippen LogP contribution in [0.25, 0.3) is 11.3 Å². The first-order valence-electron chi connectivity index (χ1n) is 16.6. The summed E-state index contributed by atoms with van der Waals surface area (Å²) in [6.45, 7) is 3.26. The number of halogens is 2. The van der Waals surface area contributed by atoms with Gasteiger partial charge in [-0.25, -0.2) is 9.78 Å². The summed E-state index contributed by atoms with van der Waals surface area (Å²) in [5.41, 5.74) is 3.71. The normalized spacial score (nSPS) is 14.1. The summed E-state index contributed by atoms with van der Waals surface area (Å²) in [6.07, 6.45) is 12.3. The molecule has 47 heavy (non-hydrogen) atoms. The van der Waals surface area contributed by atoms with E-state index in [1.165, 1.54) is 32.1 Å². The minimum Gasteiger partial charge on any atom is -0.489 e. The second-order valence-corrected chi connectivity index (χ2v) is 13.3. The van der Waals surface area contributed by atoms with E-state index >= 15 is 0 Å². The van der Waals surface area contributed by atoms with Crippen LogP contribution in [0.1, 0.15) is 98.1 Å². The molecule has 3 aromatic carbocycles. The molecule has 4 aromatic rings. The number of nitrogens with one attached hydrogen (secondary N) is 1. The van der Waals surface area contributed by atoms with Gasteiger partial charge < -0.3 is 19.7 Å². The van der Waals surface area contributed by atoms with Crippen LogP contribution < -0.4 is 10.1 Å². The first-order valence-corrected chi connectivity index (χ1v) is 17.4. The molecule has 1 fully saturated rings. The number of benzene rings is 3. The number of unbranched alkanes of at least 4 members (excludes halogenated alkanes) is 1. The molecule has 1 saturated carbocycles. The third kappa shape index (κ3) is 9.85. The molecule has 1 heterocycles. The Morgan fingerprint density at radius 2 is 1.72 bits per heavy atom. The van der Waals surface area contributed by atoms with Crippen molar-refractivity contribution in [1.82, 2.24) is 14.9 Å². The quantitative estimate of drug-likeness (QED) is 0.131. The lowest BCUT2D eigenvalue weighted by molar-refractivity contribution is -0.122. The van der Waals surface area contributed by atoms with Gasteiger partial charge in [-0.05, 0) is 78.8 Å². The SMILES string of the molecule is CCCCn1cc(-c2ccc(Cl)cc2Cl)nc1[C@H](Cc1ccc(OCc2ccc(C(=O)O)cc2)cc1)NC(=O)CCC1CCCCC1. The third-order valence-electron chi connectivity index (χ3n) is 8.89. The molecule has 0 aliphatic heterocycles. The van der Waals surface area contributed by atoms with Crippen molar-refractivity contribution >= 4 is 35.1 Å². The van der Waals surface area contributed by atoms with Gasteiger partial charge in [-0.3, -0.25) is 4.79 Å². The topological polar surface area (TPSA) is 93.5 Å². The molecule has 0 spiro atoms. The number of ether oxygens (including phenoxy) is 1. The van der Waals surface area contributed by atoms with Crippen LogP contribution in [0, 0.1) is 5.92 Å². The maximum absolute atomic E-state index is 13.4. The van der Waals surface area contributed by atoms with E-state index in [9.17, 15) is 9.59 Å². The number of aryl methyl sites for hydroxylation is 1. The predicted molar refractivity (Wildman–Crippen MR) is 187 cm³/mol. The van der Waals surface area contributed by atoms with Crippen LogP contribution in [0.15, 0.2) is 72.9 Å². The second-order valence-electron chi connectivity index (χ2n) is 12.5. The molecule has 0 bridgehead atoms. The number of carboxylic acid groups (broad SMARTS) is 1. The minimum atomic E-state index is -0.954. The van der Waals surface area contributed by atoms with Crippen molar-refractivity contribution in [2.24, 2.45) is 5.92 Å². The Morgan fingerprint density at radius 1 is 1.00 bits per heavy atom. The number of hydrogen-bond acceptors (Lipinski definition) is 4. The van der Waals surface area contributed by atoms with Gasteiger partial charge in [0.15, 0.2) is 0 Å². The van der Waals surface area contributed by atoms with E-state index < -0.39 is 5.97 Å². The Balaban J connectivity index is 1.35. The summed E-state index contributed by atoms with van der Waals surface area (Å²) in [5, 5.41) is 13.6. The fourth-order valence-electron chi connectivity index (χ4n) is 6.19. The molecule has 2 N–H and O–H groups in total. The minimum absolute atomic E-state index is 0.0468. The molecular weight excluding hydrogens is 633 g/mol. The smallest absolute Gasteiger partial charge is 0.335 e. The molecule has 1 aromatic heterocycles. The van der Waals surface area contributed by atoms with Gasteiger partial charge in [0.05, 0.1) is 22.3 Å².